The lowest BCUT2D eigenvalue weighted by atomic mass is 10.1. The summed E-state index contributed by atoms with van der Waals surface area (Å²) < 4.78 is 63.0. The third-order valence-corrected chi connectivity index (χ3v) is 7.50. The number of rotatable bonds is 6. The molecule has 5 rings (SSSR count). The van der Waals surface area contributed by atoms with E-state index in [0.717, 1.165) is 19.3 Å². The van der Waals surface area contributed by atoms with Crippen LogP contribution in [0.25, 0.3) is 0 Å². The summed E-state index contributed by atoms with van der Waals surface area (Å²) in [6.45, 7) is 0.301. The average Bonchev–Trinajstić information content (AvgIpc) is 3.57. The van der Waals surface area contributed by atoms with E-state index in [1.54, 1.807) is 0 Å². The zero-order chi connectivity index (χ0) is 22.2. The quantitative estimate of drug-likeness (QED) is 0.682. The number of halogens is 3. The number of nitrogens with one attached hydrogen (secondary N) is 2. The highest BCUT2D eigenvalue weighted by atomic mass is 32.2. The summed E-state index contributed by atoms with van der Waals surface area (Å²) in [7, 11) is -3.14. The molecule has 7 nitrogen and oxygen atoms in total. The van der Waals surface area contributed by atoms with Crippen molar-refractivity contribution in [2.24, 2.45) is 11.3 Å². The second-order valence-corrected chi connectivity index (χ2v) is 11.1. The van der Waals surface area contributed by atoms with Gasteiger partial charge in [0, 0.05) is 30.6 Å². The Hall–Kier alpha value is -2.43. The van der Waals surface area contributed by atoms with Crippen LogP contribution in [0.4, 0.5) is 18.9 Å². The second kappa shape index (κ2) is 6.54. The highest BCUT2D eigenvalue weighted by Crippen LogP contribution is 2.71. The Morgan fingerprint density at radius 3 is 2.65 bits per heavy atom. The topological polar surface area (TPSA) is 101 Å². The van der Waals surface area contributed by atoms with Gasteiger partial charge in [0.25, 0.3) is 5.91 Å². The number of carbonyl (C=O) groups excluding carboxylic acids is 1. The summed E-state index contributed by atoms with van der Waals surface area (Å²) in [6.07, 6.45) is 2.16. The van der Waals surface area contributed by atoms with Crippen LogP contribution in [0.3, 0.4) is 0 Å². The predicted molar refractivity (Wildman–Crippen MR) is 106 cm³/mol. The van der Waals surface area contributed by atoms with Crippen LogP contribution in [0, 0.1) is 16.1 Å². The number of hydrogen-bond acceptors (Lipinski definition) is 5. The molecule has 166 valence electrons. The molecule has 0 aromatic carbocycles. The van der Waals surface area contributed by atoms with Crippen LogP contribution in [0.2, 0.25) is 0 Å². The Kier molecular flexibility index (Phi) is 4.32. The summed E-state index contributed by atoms with van der Waals surface area (Å²) in [5, 5.41) is 6.70. The van der Waals surface area contributed by atoms with Gasteiger partial charge in [0.2, 0.25) is 0 Å². The van der Waals surface area contributed by atoms with Crippen molar-refractivity contribution in [2.45, 2.75) is 55.8 Å². The fourth-order valence-electron chi connectivity index (χ4n) is 4.33. The molecule has 0 saturated heterocycles. The first kappa shape index (κ1) is 20.5. The lowest BCUT2D eigenvalue weighted by Crippen LogP contribution is -2.23. The summed E-state index contributed by atoms with van der Waals surface area (Å²) in [5.74, 6) is -0.922. The number of nitrogens with zero attached hydrogens (tertiary/aromatic N) is 3. The fraction of sp³-hybridized carbons (Fsp3) is 0.550. The van der Waals surface area contributed by atoms with Gasteiger partial charge in [-0.05, 0) is 55.6 Å². The van der Waals surface area contributed by atoms with Gasteiger partial charge in [-0.2, -0.15) is 18.3 Å². The van der Waals surface area contributed by atoms with E-state index >= 15 is 0 Å². The van der Waals surface area contributed by atoms with Crippen molar-refractivity contribution in [1.29, 1.82) is 4.78 Å². The number of carbonyl (C=O) groups is 1. The Bertz CT molecular complexity index is 1180. The van der Waals surface area contributed by atoms with Crippen molar-refractivity contribution < 1.29 is 22.2 Å². The van der Waals surface area contributed by atoms with Gasteiger partial charge in [0.05, 0.1) is 15.4 Å². The molecule has 0 aliphatic heterocycles. The first-order valence-corrected chi connectivity index (χ1v) is 12.1. The van der Waals surface area contributed by atoms with E-state index in [1.807, 2.05) is 0 Å². The molecule has 2 aromatic rings. The minimum absolute atomic E-state index is 0.0405. The van der Waals surface area contributed by atoms with Crippen molar-refractivity contribution in [3.63, 3.8) is 0 Å². The standard InChI is InChI=1S/C20H22F3N5O2S/c1-31(24,30)14-8-13(4-7-25-14)26-18(29)17-15(20(21,22)23)16(11-2-3-11)27-28(17)10-12-9-19(12)5-6-19/h4,7-8,11-12,24H,2-3,5-6,9-10H2,1H3,(H,25,26,29). The maximum Gasteiger partial charge on any atom is 0.420 e. The third-order valence-electron chi connectivity index (χ3n) is 6.48. The number of amides is 1. The molecule has 2 heterocycles. The van der Waals surface area contributed by atoms with E-state index < -0.39 is 33.1 Å². The largest absolute Gasteiger partial charge is 0.420 e. The zero-order valence-electron chi connectivity index (χ0n) is 16.8. The molecule has 2 N–H and O–H groups in total. The molecule has 3 saturated carbocycles. The molecule has 3 aliphatic rings. The molecule has 3 fully saturated rings. The van der Waals surface area contributed by atoms with Crippen LogP contribution in [0.5, 0.6) is 0 Å². The number of alkyl halides is 3. The summed E-state index contributed by atoms with van der Waals surface area (Å²) >= 11 is 0. The van der Waals surface area contributed by atoms with Crippen molar-refractivity contribution in [3.05, 3.63) is 35.3 Å². The molecule has 2 aromatic heterocycles. The van der Waals surface area contributed by atoms with Crippen molar-refractivity contribution in [1.82, 2.24) is 14.8 Å². The number of pyridine rings is 1. The third kappa shape index (κ3) is 3.83. The normalized spacial score (nSPS) is 23.4. The smallest absolute Gasteiger partial charge is 0.320 e. The van der Waals surface area contributed by atoms with E-state index in [1.165, 1.54) is 29.3 Å². The van der Waals surface area contributed by atoms with Gasteiger partial charge in [-0.1, -0.05) is 0 Å². The monoisotopic (exact) mass is 453 g/mol. The first-order chi connectivity index (χ1) is 14.5. The Morgan fingerprint density at radius 2 is 2.10 bits per heavy atom. The molecule has 2 unspecified atom stereocenters. The van der Waals surface area contributed by atoms with Crippen LogP contribution < -0.4 is 5.32 Å². The van der Waals surface area contributed by atoms with E-state index in [4.69, 9.17) is 4.78 Å². The Labute approximate surface area is 177 Å². The first-order valence-electron chi connectivity index (χ1n) is 10.2. The molecule has 1 amide bonds. The molecule has 0 radical (unpaired) electrons. The molecule has 11 heteroatoms. The van der Waals surface area contributed by atoms with E-state index in [9.17, 15) is 22.2 Å². The zero-order valence-corrected chi connectivity index (χ0v) is 17.6. The van der Waals surface area contributed by atoms with E-state index in [2.05, 4.69) is 15.4 Å². The number of aromatic nitrogens is 3. The van der Waals surface area contributed by atoms with Crippen LogP contribution in [-0.2, 0) is 22.5 Å². The van der Waals surface area contributed by atoms with Gasteiger partial charge in [-0.15, -0.1) is 0 Å². The highest BCUT2D eigenvalue weighted by Gasteiger charge is 2.62. The van der Waals surface area contributed by atoms with Crippen LogP contribution >= 0.6 is 0 Å². The second-order valence-electron chi connectivity index (χ2n) is 9.01. The van der Waals surface area contributed by atoms with Crippen LogP contribution in [0.1, 0.15) is 59.8 Å². The lowest BCUT2D eigenvalue weighted by molar-refractivity contribution is -0.138. The van der Waals surface area contributed by atoms with Gasteiger partial charge >= 0.3 is 6.18 Å². The van der Waals surface area contributed by atoms with Crippen molar-refractivity contribution in [3.8, 4) is 0 Å². The van der Waals surface area contributed by atoms with Gasteiger partial charge in [0.15, 0.2) is 0 Å². The summed E-state index contributed by atoms with van der Waals surface area (Å²) in [4.78, 5) is 16.9. The summed E-state index contributed by atoms with van der Waals surface area (Å²) in [5.41, 5.74) is -1.07. The lowest BCUT2D eigenvalue weighted by Gasteiger charge is -2.13. The Balaban J connectivity index is 1.52. The molecule has 2 atom stereocenters. The highest BCUT2D eigenvalue weighted by molar-refractivity contribution is 7.91. The molecule has 1 spiro atoms. The van der Waals surface area contributed by atoms with Gasteiger partial charge in [-0.3, -0.25) is 9.48 Å². The van der Waals surface area contributed by atoms with Crippen molar-refractivity contribution in [2.75, 3.05) is 11.6 Å². The summed E-state index contributed by atoms with van der Waals surface area (Å²) in [6, 6.07) is 2.64. The molecular formula is C20H22F3N5O2S. The van der Waals surface area contributed by atoms with E-state index in [-0.39, 0.29) is 33.7 Å². The van der Waals surface area contributed by atoms with Crippen LogP contribution in [-0.4, -0.2) is 31.1 Å². The van der Waals surface area contributed by atoms with Gasteiger partial charge in [0.1, 0.15) is 16.3 Å². The maximum atomic E-state index is 14.0. The van der Waals surface area contributed by atoms with Crippen LogP contribution in [0.15, 0.2) is 23.4 Å². The number of hydrogen-bond donors (Lipinski definition) is 2. The average molecular weight is 453 g/mol. The van der Waals surface area contributed by atoms with Crippen molar-refractivity contribution >= 4 is 21.3 Å². The van der Waals surface area contributed by atoms with E-state index in [0.29, 0.717) is 19.4 Å². The molecule has 31 heavy (non-hydrogen) atoms. The molecule has 0 bridgehead atoms. The number of anilines is 1. The maximum absolute atomic E-state index is 14.0. The minimum Gasteiger partial charge on any atom is -0.320 e. The minimum atomic E-state index is -4.70. The Morgan fingerprint density at radius 1 is 1.39 bits per heavy atom. The molecule has 3 aliphatic carbocycles. The molecular weight excluding hydrogens is 431 g/mol. The van der Waals surface area contributed by atoms with Gasteiger partial charge in [-0.25, -0.2) is 14.0 Å². The fourth-order valence-corrected chi connectivity index (χ4v) is 4.94. The predicted octanol–water partition coefficient (Wildman–Crippen LogP) is 4.26. The van der Waals surface area contributed by atoms with Gasteiger partial charge < -0.3 is 5.32 Å². The SMILES string of the molecule is CS(=N)(=O)c1cc(NC(=O)c2c(C(F)(F)F)c(C3CC3)nn2CC2CC23CC3)ccn1.